The Morgan fingerprint density at radius 1 is 1.10 bits per heavy atom. The smallest absolute Gasteiger partial charge is 0.255 e. The highest BCUT2D eigenvalue weighted by atomic mass is 16.5. The molecule has 2 fully saturated rings. The number of rotatable bonds is 4. The first-order valence-electron chi connectivity index (χ1n) is 11.3. The summed E-state index contributed by atoms with van der Waals surface area (Å²) in [4.78, 5) is 22.4. The van der Waals surface area contributed by atoms with Crippen LogP contribution in [0.4, 0.5) is 0 Å². The van der Waals surface area contributed by atoms with E-state index in [4.69, 9.17) is 4.74 Å². The standard InChI is InChI=1S/C26H35N3O2/c1-16-17(2)23(31-7)10-9-22(16)18(3)28-14-21-12-20(28)15-29(21)25(30)19-8-11-24(27-13-19)26(4,5)6/h8-11,13,18,20-21H,12,14-15H2,1-7H3. The Morgan fingerprint density at radius 3 is 2.39 bits per heavy atom. The van der Waals surface area contributed by atoms with Crippen LogP contribution in [-0.4, -0.2) is 53.0 Å². The van der Waals surface area contributed by atoms with E-state index in [1.165, 1.54) is 16.7 Å². The van der Waals surface area contributed by atoms with Crippen molar-refractivity contribution in [3.63, 3.8) is 0 Å². The van der Waals surface area contributed by atoms with Crippen molar-refractivity contribution in [3.05, 3.63) is 58.4 Å². The number of likely N-dealkylation sites (tertiary alicyclic amines) is 2. The van der Waals surface area contributed by atoms with Crippen LogP contribution in [0.1, 0.15) is 72.9 Å². The van der Waals surface area contributed by atoms with Crippen molar-refractivity contribution in [3.8, 4) is 5.75 Å². The van der Waals surface area contributed by atoms with E-state index in [0.29, 0.717) is 17.6 Å². The minimum Gasteiger partial charge on any atom is -0.496 e. The van der Waals surface area contributed by atoms with Gasteiger partial charge in [-0.25, -0.2) is 0 Å². The highest BCUT2D eigenvalue weighted by molar-refractivity contribution is 5.94. The van der Waals surface area contributed by atoms with Gasteiger partial charge in [-0.3, -0.25) is 14.7 Å². The highest BCUT2D eigenvalue weighted by Gasteiger charge is 2.47. The Balaban J connectivity index is 1.46. The molecule has 0 radical (unpaired) electrons. The predicted molar refractivity (Wildman–Crippen MR) is 124 cm³/mol. The van der Waals surface area contributed by atoms with Crippen molar-refractivity contribution in [2.45, 2.75) is 71.5 Å². The maximum atomic E-state index is 13.2. The molecule has 2 aliphatic heterocycles. The number of piperazine rings is 1. The second kappa shape index (κ2) is 7.94. The second-order valence-electron chi connectivity index (χ2n) is 10.2. The lowest BCUT2D eigenvalue weighted by molar-refractivity contribution is 0.0568. The number of amides is 1. The minimum absolute atomic E-state index is 0.0110. The third-order valence-electron chi connectivity index (χ3n) is 7.27. The highest BCUT2D eigenvalue weighted by Crippen LogP contribution is 2.39. The van der Waals surface area contributed by atoms with Gasteiger partial charge in [0, 0.05) is 48.5 Å². The van der Waals surface area contributed by atoms with Crippen molar-refractivity contribution in [1.29, 1.82) is 0 Å². The van der Waals surface area contributed by atoms with Crippen molar-refractivity contribution >= 4 is 5.91 Å². The van der Waals surface area contributed by atoms with Crippen LogP contribution in [0, 0.1) is 13.8 Å². The fourth-order valence-corrected chi connectivity index (χ4v) is 5.22. The molecule has 2 aliphatic rings. The fraction of sp³-hybridized carbons (Fsp3) is 0.538. The van der Waals surface area contributed by atoms with Gasteiger partial charge in [0.15, 0.2) is 0 Å². The molecular weight excluding hydrogens is 386 g/mol. The number of aromatic nitrogens is 1. The van der Waals surface area contributed by atoms with Gasteiger partial charge >= 0.3 is 0 Å². The second-order valence-corrected chi connectivity index (χ2v) is 10.2. The largest absolute Gasteiger partial charge is 0.496 e. The van der Waals surface area contributed by atoms with Crippen LogP contribution in [0.25, 0.3) is 0 Å². The molecule has 5 nitrogen and oxygen atoms in total. The van der Waals surface area contributed by atoms with Gasteiger partial charge in [0.2, 0.25) is 0 Å². The lowest BCUT2D eigenvalue weighted by atomic mass is 9.91. The maximum absolute atomic E-state index is 13.2. The van der Waals surface area contributed by atoms with Crippen LogP contribution in [0.3, 0.4) is 0 Å². The van der Waals surface area contributed by atoms with Gasteiger partial charge in [-0.2, -0.15) is 0 Å². The van der Waals surface area contributed by atoms with E-state index < -0.39 is 0 Å². The molecule has 3 atom stereocenters. The molecule has 2 aromatic rings. The number of fused-ring (bicyclic) bond motifs is 2. The normalized spacial score (nSPS) is 22.1. The summed E-state index contributed by atoms with van der Waals surface area (Å²) in [6, 6.07) is 9.21. The number of carbonyl (C=O) groups excluding carboxylic acids is 1. The van der Waals surface area contributed by atoms with E-state index in [1.807, 2.05) is 12.1 Å². The van der Waals surface area contributed by atoms with Crippen LogP contribution < -0.4 is 4.74 Å². The molecule has 1 aromatic heterocycles. The molecular formula is C26H35N3O2. The van der Waals surface area contributed by atoms with E-state index in [1.54, 1.807) is 13.3 Å². The van der Waals surface area contributed by atoms with Gasteiger partial charge in [-0.15, -0.1) is 0 Å². The van der Waals surface area contributed by atoms with Gasteiger partial charge in [-0.1, -0.05) is 26.8 Å². The predicted octanol–water partition coefficient (Wildman–Crippen LogP) is 4.66. The molecule has 2 saturated heterocycles. The van der Waals surface area contributed by atoms with Crippen LogP contribution in [0.15, 0.2) is 30.5 Å². The molecule has 0 saturated carbocycles. The molecule has 1 aromatic carbocycles. The van der Waals surface area contributed by atoms with Crippen LogP contribution in [-0.2, 0) is 5.41 Å². The molecule has 2 bridgehead atoms. The molecule has 0 aliphatic carbocycles. The summed E-state index contributed by atoms with van der Waals surface area (Å²) in [5.41, 5.74) is 5.56. The maximum Gasteiger partial charge on any atom is 0.255 e. The van der Waals surface area contributed by atoms with Crippen molar-refractivity contribution < 1.29 is 9.53 Å². The van der Waals surface area contributed by atoms with Crippen molar-refractivity contribution in [2.75, 3.05) is 20.2 Å². The summed E-state index contributed by atoms with van der Waals surface area (Å²) in [5, 5.41) is 0. The quantitative estimate of drug-likeness (QED) is 0.720. The SMILES string of the molecule is COc1ccc(C(C)N2CC3CC2CN3C(=O)c2ccc(C(C)(C)C)nc2)c(C)c1C. The van der Waals surface area contributed by atoms with Crippen molar-refractivity contribution in [1.82, 2.24) is 14.8 Å². The van der Waals surface area contributed by atoms with E-state index in [-0.39, 0.29) is 17.4 Å². The third-order valence-corrected chi connectivity index (χ3v) is 7.27. The first kappa shape index (κ1) is 21.8. The van der Waals surface area contributed by atoms with Gasteiger partial charge in [-0.05, 0) is 62.1 Å². The number of hydrogen-bond acceptors (Lipinski definition) is 4. The Bertz CT molecular complexity index is 977. The zero-order chi connectivity index (χ0) is 22.5. The summed E-state index contributed by atoms with van der Waals surface area (Å²) < 4.78 is 5.48. The molecule has 3 heterocycles. The first-order chi connectivity index (χ1) is 14.6. The van der Waals surface area contributed by atoms with Gasteiger partial charge in [0.05, 0.1) is 12.7 Å². The van der Waals surface area contributed by atoms with E-state index in [9.17, 15) is 4.79 Å². The number of carbonyl (C=O) groups is 1. The molecule has 1 amide bonds. The Morgan fingerprint density at radius 2 is 1.84 bits per heavy atom. The molecule has 4 rings (SSSR count). The van der Waals surface area contributed by atoms with Crippen LogP contribution in [0.5, 0.6) is 5.75 Å². The van der Waals surface area contributed by atoms with Gasteiger partial charge in [0.1, 0.15) is 5.75 Å². The van der Waals surface area contributed by atoms with E-state index in [0.717, 1.165) is 31.0 Å². The lowest BCUT2D eigenvalue weighted by Crippen LogP contribution is -2.49. The number of pyridine rings is 1. The summed E-state index contributed by atoms with van der Waals surface area (Å²) >= 11 is 0. The average molecular weight is 422 g/mol. The van der Waals surface area contributed by atoms with Gasteiger partial charge < -0.3 is 9.64 Å². The molecule has 0 spiro atoms. The van der Waals surface area contributed by atoms with Crippen LogP contribution >= 0.6 is 0 Å². The summed E-state index contributed by atoms with van der Waals surface area (Å²) in [7, 11) is 1.72. The molecule has 31 heavy (non-hydrogen) atoms. The Kier molecular flexibility index (Phi) is 5.59. The molecule has 166 valence electrons. The van der Waals surface area contributed by atoms with Crippen LogP contribution in [0.2, 0.25) is 0 Å². The third kappa shape index (κ3) is 3.84. The summed E-state index contributed by atoms with van der Waals surface area (Å²) in [6.07, 6.45) is 2.80. The Labute approximate surface area is 186 Å². The number of nitrogens with zero attached hydrogens (tertiary/aromatic N) is 3. The summed E-state index contributed by atoms with van der Waals surface area (Å²) in [6.45, 7) is 14.7. The zero-order valence-corrected chi connectivity index (χ0v) is 19.9. The molecule has 0 N–H and O–H groups in total. The zero-order valence-electron chi connectivity index (χ0n) is 19.9. The lowest BCUT2D eigenvalue weighted by Gasteiger charge is -2.38. The monoisotopic (exact) mass is 421 g/mol. The first-order valence-corrected chi connectivity index (χ1v) is 11.3. The van der Waals surface area contributed by atoms with Gasteiger partial charge in [0.25, 0.3) is 5.91 Å². The topological polar surface area (TPSA) is 45.7 Å². The summed E-state index contributed by atoms with van der Waals surface area (Å²) in [5.74, 6) is 1.06. The Hall–Kier alpha value is -2.40. The number of hydrogen-bond donors (Lipinski definition) is 0. The average Bonchev–Trinajstić information content (AvgIpc) is 3.35. The molecule has 3 unspecified atom stereocenters. The number of ether oxygens (including phenoxy) is 1. The molecule has 5 heteroatoms. The fourth-order valence-electron chi connectivity index (χ4n) is 5.22. The number of methoxy groups -OCH3 is 1. The van der Waals surface area contributed by atoms with Crippen molar-refractivity contribution in [2.24, 2.45) is 0 Å². The van der Waals surface area contributed by atoms with E-state index >= 15 is 0 Å². The minimum atomic E-state index is -0.0110. The number of benzene rings is 1. The van der Waals surface area contributed by atoms with E-state index in [2.05, 4.69) is 68.5 Å².